The van der Waals surface area contributed by atoms with Gasteiger partial charge in [0.05, 0.1) is 12.7 Å². The minimum atomic E-state index is -0.237. The van der Waals surface area contributed by atoms with Crippen LogP contribution in [0.25, 0.3) is 0 Å². The summed E-state index contributed by atoms with van der Waals surface area (Å²) in [6, 6.07) is 10.6. The highest BCUT2D eigenvalue weighted by Gasteiger charge is 2.15. The maximum Gasteiger partial charge on any atom is 0.259 e. The van der Waals surface area contributed by atoms with Crippen molar-refractivity contribution in [2.45, 2.75) is 20.8 Å². The number of methoxy groups -OCH3 is 1. The van der Waals surface area contributed by atoms with Crippen molar-refractivity contribution >= 4 is 17.4 Å². The third-order valence-corrected chi connectivity index (χ3v) is 3.42. The minimum Gasteiger partial charge on any atom is -0.496 e. The lowest BCUT2D eigenvalue weighted by Crippen LogP contribution is -2.14. The van der Waals surface area contributed by atoms with Gasteiger partial charge in [0.25, 0.3) is 5.91 Å². The predicted octanol–water partition coefficient (Wildman–Crippen LogP) is 3.77. The zero-order valence-corrected chi connectivity index (χ0v) is 13.2. The summed E-state index contributed by atoms with van der Waals surface area (Å²) in [5, 5.41) is 2.82. The molecule has 2 rings (SSSR count). The summed E-state index contributed by atoms with van der Waals surface area (Å²) in [6.45, 7) is 5.35. The molecule has 0 aliphatic carbocycles. The van der Waals surface area contributed by atoms with E-state index in [-0.39, 0.29) is 11.7 Å². The normalized spacial score (nSPS) is 10.2. The Kier molecular flexibility index (Phi) is 4.61. The Morgan fingerprint density at radius 2 is 1.68 bits per heavy atom. The standard InChI is InChI=1S/C18H19NO3/c1-11-9-12(2)17(22-4)16(10-11)18(21)19-15-7-5-14(6-8-15)13(3)20/h5-10H,1-4H3,(H,19,21). The quantitative estimate of drug-likeness (QED) is 0.874. The molecule has 0 saturated carbocycles. The van der Waals surface area contributed by atoms with Crippen LogP contribution in [0, 0.1) is 13.8 Å². The molecule has 0 heterocycles. The SMILES string of the molecule is COc1c(C)cc(C)cc1C(=O)Nc1ccc(C(C)=O)cc1. The molecule has 0 atom stereocenters. The largest absolute Gasteiger partial charge is 0.496 e. The molecule has 0 saturated heterocycles. The summed E-state index contributed by atoms with van der Waals surface area (Å²) >= 11 is 0. The molecule has 0 unspecified atom stereocenters. The van der Waals surface area contributed by atoms with Crippen LogP contribution in [0.5, 0.6) is 5.75 Å². The van der Waals surface area contributed by atoms with E-state index in [1.807, 2.05) is 19.9 Å². The molecule has 114 valence electrons. The second-order valence-corrected chi connectivity index (χ2v) is 5.25. The smallest absolute Gasteiger partial charge is 0.259 e. The lowest BCUT2D eigenvalue weighted by Gasteiger charge is -2.13. The summed E-state index contributed by atoms with van der Waals surface area (Å²) in [5.41, 5.74) is 3.66. The summed E-state index contributed by atoms with van der Waals surface area (Å²) in [4.78, 5) is 23.7. The maximum atomic E-state index is 12.5. The number of benzene rings is 2. The Hall–Kier alpha value is -2.62. The maximum absolute atomic E-state index is 12.5. The predicted molar refractivity (Wildman–Crippen MR) is 86.9 cm³/mol. The molecule has 0 fully saturated rings. The van der Waals surface area contributed by atoms with Crippen LogP contribution in [-0.4, -0.2) is 18.8 Å². The fraction of sp³-hybridized carbons (Fsp3) is 0.222. The molecule has 4 nitrogen and oxygen atoms in total. The lowest BCUT2D eigenvalue weighted by atomic mass is 10.0. The first-order valence-electron chi connectivity index (χ1n) is 7.00. The molecule has 0 aromatic heterocycles. The fourth-order valence-electron chi connectivity index (χ4n) is 2.38. The van der Waals surface area contributed by atoms with Gasteiger partial charge < -0.3 is 10.1 Å². The third-order valence-electron chi connectivity index (χ3n) is 3.42. The number of amides is 1. The Morgan fingerprint density at radius 1 is 1.05 bits per heavy atom. The second kappa shape index (κ2) is 6.43. The van der Waals surface area contributed by atoms with Gasteiger partial charge in [-0.3, -0.25) is 9.59 Å². The van der Waals surface area contributed by atoms with Crippen molar-refractivity contribution in [3.63, 3.8) is 0 Å². The summed E-state index contributed by atoms with van der Waals surface area (Å²) in [6.07, 6.45) is 0. The van der Waals surface area contributed by atoms with Crippen molar-refractivity contribution < 1.29 is 14.3 Å². The van der Waals surface area contributed by atoms with E-state index in [1.165, 1.54) is 6.92 Å². The van der Waals surface area contributed by atoms with Gasteiger partial charge >= 0.3 is 0 Å². The van der Waals surface area contributed by atoms with E-state index in [0.717, 1.165) is 11.1 Å². The van der Waals surface area contributed by atoms with Crippen molar-refractivity contribution in [3.05, 3.63) is 58.7 Å². The first-order chi connectivity index (χ1) is 10.4. The Labute approximate surface area is 130 Å². The first-order valence-corrected chi connectivity index (χ1v) is 7.00. The first kappa shape index (κ1) is 15.8. The molecule has 2 aromatic carbocycles. The van der Waals surface area contributed by atoms with Crippen LogP contribution < -0.4 is 10.1 Å². The zero-order chi connectivity index (χ0) is 16.3. The third kappa shape index (κ3) is 3.34. The van der Waals surface area contributed by atoms with Gasteiger partial charge in [0.2, 0.25) is 0 Å². The van der Waals surface area contributed by atoms with Gasteiger partial charge in [-0.05, 0) is 62.2 Å². The van der Waals surface area contributed by atoms with Gasteiger partial charge in [-0.25, -0.2) is 0 Å². The molecule has 2 aromatic rings. The van der Waals surface area contributed by atoms with Crippen molar-refractivity contribution in [1.29, 1.82) is 0 Å². The Balaban J connectivity index is 2.27. The van der Waals surface area contributed by atoms with Gasteiger partial charge in [0.15, 0.2) is 5.78 Å². The van der Waals surface area contributed by atoms with Crippen molar-refractivity contribution in [2.24, 2.45) is 0 Å². The van der Waals surface area contributed by atoms with Crippen LogP contribution in [0.1, 0.15) is 38.8 Å². The fourth-order valence-corrected chi connectivity index (χ4v) is 2.38. The highest BCUT2D eigenvalue weighted by atomic mass is 16.5. The molecule has 0 spiro atoms. The molecule has 22 heavy (non-hydrogen) atoms. The molecule has 1 amide bonds. The van der Waals surface area contributed by atoms with E-state index in [2.05, 4.69) is 5.32 Å². The molecule has 0 aliphatic heterocycles. The van der Waals surface area contributed by atoms with Gasteiger partial charge in [-0.1, -0.05) is 6.07 Å². The van der Waals surface area contributed by atoms with Gasteiger partial charge in [0.1, 0.15) is 5.75 Å². The molecule has 0 radical (unpaired) electrons. The molecule has 0 bridgehead atoms. The Bertz CT molecular complexity index is 718. The topological polar surface area (TPSA) is 55.4 Å². The van der Waals surface area contributed by atoms with Crippen molar-refractivity contribution in [1.82, 2.24) is 0 Å². The number of nitrogens with one attached hydrogen (secondary N) is 1. The van der Waals surface area contributed by atoms with Crippen LogP contribution in [0.2, 0.25) is 0 Å². The molecule has 4 heteroatoms. The number of aryl methyl sites for hydroxylation is 2. The monoisotopic (exact) mass is 297 g/mol. The average Bonchev–Trinajstić information content (AvgIpc) is 2.47. The van der Waals surface area contributed by atoms with Crippen LogP contribution >= 0.6 is 0 Å². The van der Waals surface area contributed by atoms with E-state index in [1.54, 1.807) is 37.4 Å². The van der Waals surface area contributed by atoms with E-state index in [9.17, 15) is 9.59 Å². The number of anilines is 1. The van der Waals surface area contributed by atoms with E-state index < -0.39 is 0 Å². The van der Waals surface area contributed by atoms with Crippen LogP contribution in [0.3, 0.4) is 0 Å². The average molecular weight is 297 g/mol. The summed E-state index contributed by atoms with van der Waals surface area (Å²) < 4.78 is 5.34. The number of ketones is 1. The molecular weight excluding hydrogens is 278 g/mol. The molecule has 0 aliphatic rings. The number of ether oxygens (including phenoxy) is 1. The second-order valence-electron chi connectivity index (χ2n) is 5.25. The van der Waals surface area contributed by atoms with E-state index >= 15 is 0 Å². The number of hydrogen-bond donors (Lipinski definition) is 1. The number of carbonyl (C=O) groups is 2. The Morgan fingerprint density at radius 3 is 2.23 bits per heavy atom. The van der Waals surface area contributed by atoms with Crippen LogP contribution in [0.15, 0.2) is 36.4 Å². The number of hydrogen-bond acceptors (Lipinski definition) is 3. The zero-order valence-electron chi connectivity index (χ0n) is 13.2. The van der Waals surface area contributed by atoms with Crippen molar-refractivity contribution in [2.75, 3.05) is 12.4 Å². The highest BCUT2D eigenvalue weighted by molar-refractivity contribution is 6.06. The van der Waals surface area contributed by atoms with Crippen molar-refractivity contribution in [3.8, 4) is 5.75 Å². The molecular formula is C18H19NO3. The van der Waals surface area contributed by atoms with Gasteiger partial charge in [0, 0.05) is 11.3 Å². The number of carbonyl (C=O) groups excluding carboxylic acids is 2. The minimum absolute atomic E-state index is 0.00569. The van der Waals surface area contributed by atoms with Crippen LogP contribution in [0.4, 0.5) is 5.69 Å². The molecule has 1 N–H and O–H groups in total. The summed E-state index contributed by atoms with van der Waals surface area (Å²) in [7, 11) is 1.55. The van der Waals surface area contributed by atoms with Gasteiger partial charge in [-0.15, -0.1) is 0 Å². The number of rotatable bonds is 4. The van der Waals surface area contributed by atoms with E-state index in [0.29, 0.717) is 22.6 Å². The van der Waals surface area contributed by atoms with Crippen LogP contribution in [-0.2, 0) is 0 Å². The summed E-state index contributed by atoms with van der Waals surface area (Å²) in [5.74, 6) is 0.330. The number of Topliss-reactive ketones (excluding diaryl/α,β-unsaturated/α-hetero) is 1. The highest BCUT2D eigenvalue weighted by Crippen LogP contribution is 2.26. The van der Waals surface area contributed by atoms with Gasteiger partial charge in [-0.2, -0.15) is 0 Å². The lowest BCUT2D eigenvalue weighted by molar-refractivity contribution is 0.101. The van der Waals surface area contributed by atoms with E-state index in [4.69, 9.17) is 4.74 Å².